The molecular weight excluding hydrogens is 224 g/mol. The van der Waals surface area contributed by atoms with Crippen LogP contribution in [0.1, 0.15) is 0 Å². The number of halogens is 2. The largest absolute Gasteiger partial charge is 0.227 e. The molecule has 0 aliphatic carbocycles. The first-order chi connectivity index (χ1) is 3.30. The van der Waals surface area contributed by atoms with Gasteiger partial charge in [-0.05, 0) is 31.9 Å². The maximum absolute atomic E-state index is 3.77. The predicted octanol–water partition coefficient (Wildman–Crippen LogP) is 1.55. The molecule has 0 aromatic rings. The standard InChI is InChI=1S/C3HBr2N2/c4-2-3(5)7-1-6-2/h1H. The third kappa shape index (κ3) is 1.04. The summed E-state index contributed by atoms with van der Waals surface area (Å²) in [6.45, 7) is 0. The van der Waals surface area contributed by atoms with Crippen LogP contribution in [-0.4, -0.2) is 6.34 Å². The minimum Gasteiger partial charge on any atom is -0.227 e. The van der Waals surface area contributed by atoms with E-state index in [9.17, 15) is 0 Å². The van der Waals surface area contributed by atoms with E-state index in [0.717, 1.165) is 9.21 Å². The van der Waals surface area contributed by atoms with Crippen molar-refractivity contribution in [1.29, 1.82) is 0 Å². The average molecular weight is 225 g/mol. The Morgan fingerprint density at radius 3 is 2.14 bits per heavy atom. The number of rotatable bonds is 0. The summed E-state index contributed by atoms with van der Waals surface area (Å²) in [5.74, 6) is 0. The second-order valence-electron chi connectivity index (χ2n) is 0.955. The van der Waals surface area contributed by atoms with Crippen LogP contribution in [0.3, 0.4) is 0 Å². The zero-order valence-corrected chi connectivity index (χ0v) is 6.40. The van der Waals surface area contributed by atoms with Crippen molar-refractivity contribution in [3.8, 4) is 0 Å². The molecule has 7 heavy (non-hydrogen) atoms. The second-order valence-corrected chi connectivity index (χ2v) is 2.46. The summed E-state index contributed by atoms with van der Waals surface area (Å²) < 4.78 is 1.51. The number of hydrogen-bond acceptors (Lipinski definition) is 1. The van der Waals surface area contributed by atoms with E-state index >= 15 is 0 Å². The molecule has 0 bridgehead atoms. The molecule has 0 N–H and O–H groups in total. The first-order valence-electron chi connectivity index (χ1n) is 1.59. The van der Waals surface area contributed by atoms with Gasteiger partial charge in [-0.25, -0.2) is 10.3 Å². The third-order valence-electron chi connectivity index (χ3n) is 0.512. The maximum Gasteiger partial charge on any atom is 0.140 e. The summed E-state index contributed by atoms with van der Waals surface area (Å²) in [5.41, 5.74) is 0. The van der Waals surface area contributed by atoms with E-state index in [1.165, 1.54) is 6.34 Å². The number of hydrogen-bond donors (Lipinski definition) is 0. The Morgan fingerprint density at radius 1 is 1.29 bits per heavy atom. The van der Waals surface area contributed by atoms with Gasteiger partial charge < -0.3 is 0 Å². The summed E-state index contributed by atoms with van der Waals surface area (Å²) in [6, 6.07) is 0. The van der Waals surface area contributed by atoms with Gasteiger partial charge in [-0.1, -0.05) is 0 Å². The summed E-state index contributed by atoms with van der Waals surface area (Å²) in [7, 11) is 0. The van der Waals surface area contributed by atoms with Crippen LogP contribution in [0.25, 0.3) is 0 Å². The monoisotopic (exact) mass is 223 g/mol. The molecule has 0 unspecified atom stereocenters. The molecule has 0 fully saturated rings. The SMILES string of the molecule is BrC1=C(Br)N=C[N]1. The highest BCUT2D eigenvalue weighted by atomic mass is 79.9. The van der Waals surface area contributed by atoms with Gasteiger partial charge in [0.05, 0.1) is 0 Å². The van der Waals surface area contributed by atoms with Crippen LogP contribution in [0.2, 0.25) is 0 Å². The van der Waals surface area contributed by atoms with Gasteiger partial charge in [0.2, 0.25) is 0 Å². The van der Waals surface area contributed by atoms with Crippen molar-refractivity contribution in [2.45, 2.75) is 0 Å². The Balaban J connectivity index is 2.79. The minimum absolute atomic E-state index is 0.757. The molecule has 1 aliphatic rings. The van der Waals surface area contributed by atoms with Crippen LogP contribution in [0, 0.1) is 0 Å². The molecular formula is C3HBr2N2. The molecule has 4 heteroatoms. The Labute approximate surface area is 58.0 Å². The zero-order valence-electron chi connectivity index (χ0n) is 3.23. The van der Waals surface area contributed by atoms with E-state index in [4.69, 9.17) is 0 Å². The number of nitrogens with zero attached hydrogens (tertiary/aromatic N) is 2. The van der Waals surface area contributed by atoms with Crippen molar-refractivity contribution >= 4 is 38.2 Å². The molecule has 0 aromatic heterocycles. The van der Waals surface area contributed by atoms with Crippen LogP contribution >= 0.6 is 31.9 Å². The fourth-order valence-electron chi connectivity index (χ4n) is 0.237. The fourth-order valence-corrected chi connectivity index (χ4v) is 0.625. The summed E-state index contributed by atoms with van der Waals surface area (Å²) in [4.78, 5) is 3.77. The van der Waals surface area contributed by atoms with Gasteiger partial charge in [0.1, 0.15) is 15.6 Å². The Hall–Kier alpha value is 0.170. The average Bonchev–Trinajstić information content (AvgIpc) is 1.91. The van der Waals surface area contributed by atoms with Crippen LogP contribution in [0.5, 0.6) is 0 Å². The van der Waals surface area contributed by atoms with E-state index in [1.54, 1.807) is 0 Å². The first-order valence-corrected chi connectivity index (χ1v) is 3.18. The molecule has 1 radical (unpaired) electrons. The van der Waals surface area contributed by atoms with Crippen molar-refractivity contribution < 1.29 is 0 Å². The molecule has 1 aliphatic heterocycles. The highest BCUT2D eigenvalue weighted by Crippen LogP contribution is 2.19. The molecule has 1 rings (SSSR count). The zero-order chi connectivity index (χ0) is 5.28. The lowest BCUT2D eigenvalue weighted by molar-refractivity contribution is 1.32. The molecule has 0 spiro atoms. The summed E-state index contributed by atoms with van der Waals surface area (Å²) in [5, 5.41) is 3.77. The topological polar surface area (TPSA) is 26.5 Å². The molecule has 0 amide bonds. The molecule has 1 heterocycles. The van der Waals surface area contributed by atoms with Crippen LogP contribution in [0.4, 0.5) is 0 Å². The van der Waals surface area contributed by atoms with Gasteiger partial charge in [0, 0.05) is 0 Å². The molecule has 0 aromatic carbocycles. The van der Waals surface area contributed by atoms with Gasteiger partial charge in [-0.15, -0.1) is 0 Å². The highest BCUT2D eigenvalue weighted by molar-refractivity contribution is 9.14. The van der Waals surface area contributed by atoms with Crippen molar-refractivity contribution in [1.82, 2.24) is 5.32 Å². The predicted molar refractivity (Wildman–Crippen MR) is 35.5 cm³/mol. The van der Waals surface area contributed by atoms with Crippen LogP contribution < -0.4 is 5.32 Å². The molecule has 37 valence electrons. The van der Waals surface area contributed by atoms with Crippen molar-refractivity contribution in [2.24, 2.45) is 4.99 Å². The van der Waals surface area contributed by atoms with E-state index < -0.39 is 0 Å². The van der Waals surface area contributed by atoms with E-state index in [2.05, 4.69) is 42.2 Å². The minimum atomic E-state index is 0.757. The van der Waals surface area contributed by atoms with E-state index in [-0.39, 0.29) is 0 Å². The lowest BCUT2D eigenvalue weighted by atomic mass is 11.0. The van der Waals surface area contributed by atoms with Gasteiger partial charge in [0.25, 0.3) is 0 Å². The normalized spacial score (nSPS) is 18.0. The smallest absolute Gasteiger partial charge is 0.140 e. The highest BCUT2D eigenvalue weighted by Gasteiger charge is 2.02. The molecule has 0 saturated carbocycles. The maximum atomic E-state index is 3.77. The molecule has 0 atom stereocenters. The quantitative estimate of drug-likeness (QED) is 0.559. The van der Waals surface area contributed by atoms with E-state index in [1.807, 2.05) is 0 Å². The second kappa shape index (κ2) is 1.96. The van der Waals surface area contributed by atoms with Crippen molar-refractivity contribution in [3.05, 3.63) is 9.21 Å². The Kier molecular flexibility index (Phi) is 1.49. The third-order valence-corrected chi connectivity index (χ3v) is 2.21. The lowest BCUT2D eigenvalue weighted by Crippen LogP contribution is -1.87. The van der Waals surface area contributed by atoms with Gasteiger partial charge in [0.15, 0.2) is 0 Å². The van der Waals surface area contributed by atoms with Gasteiger partial charge >= 0.3 is 0 Å². The first kappa shape index (κ1) is 5.31. The number of aliphatic imine (C=N–C) groups is 1. The summed E-state index contributed by atoms with van der Waals surface area (Å²) >= 11 is 6.29. The Morgan fingerprint density at radius 2 is 2.00 bits per heavy atom. The molecule has 2 nitrogen and oxygen atoms in total. The molecule has 0 saturated heterocycles. The van der Waals surface area contributed by atoms with Crippen molar-refractivity contribution in [2.75, 3.05) is 0 Å². The van der Waals surface area contributed by atoms with Crippen LogP contribution in [-0.2, 0) is 0 Å². The fraction of sp³-hybridized carbons (Fsp3) is 0. The van der Waals surface area contributed by atoms with Gasteiger partial charge in [-0.3, -0.25) is 0 Å². The van der Waals surface area contributed by atoms with Gasteiger partial charge in [-0.2, -0.15) is 0 Å². The van der Waals surface area contributed by atoms with Crippen molar-refractivity contribution in [3.63, 3.8) is 0 Å². The van der Waals surface area contributed by atoms with Crippen LogP contribution in [0.15, 0.2) is 14.2 Å². The van der Waals surface area contributed by atoms with E-state index in [0.29, 0.717) is 0 Å². The Bertz CT molecular complexity index is 138. The lowest BCUT2D eigenvalue weighted by Gasteiger charge is -1.80. The summed E-state index contributed by atoms with van der Waals surface area (Å²) in [6.07, 6.45) is 1.48.